The molecule has 0 aliphatic rings. The van der Waals surface area contributed by atoms with Gasteiger partial charge in [-0.3, -0.25) is 0 Å². The van der Waals surface area contributed by atoms with Crippen LogP contribution in [-0.4, -0.2) is 11.2 Å². The fraction of sp³-hybridized carbons (Fsp3) is 0.118. The molecule has 0 saturated carbocycles. The van der Waals surface area contributed by atoms with E-state index in [1.54, 1.807) is 11.8 Å². The van der Waals surface area contributed by atoms with Gasteiger partial charge in [-0.05, 0) is 53.8 Å². The van der Waals surface area contributed by atoms with Gasteiger partial charge in [-0.25, -0.2) is 4.98 Å². The molecule has 0 amide bonds. The molecule has 0 N–H and O–H groups in total. The lowest BCUT2D eigenvalue weighted by Gasteiger charge is -2.09. The molecular formula is C17H13BrClNS. The van der Waals surface area contributed by atoms with Gasteiger partial charge in [0.2, 0.25) is 0 Å². The summed E-state index contributed by atoms with van der Waals surface area (Å²) >= 11 is 11.2. The summed E-state index contributed by atoms with van der Waals surface area (Å²) in [4.78, 5) is 4.76. The number of rotatable bonds is 3. The van der Waals surface area contributed by atoms with Crippen molar-refractivity contribution in [3.8, 4) is 0 Å². The van der Waals surface area contributed by atoms with E-state index in [-0.39, 0.29) is 0 Å². The van der Waals surface area contributed by atoms with Crippen molar-refractivity contribution in [1.29, 1.82) is 0 Å². The van der Waals surface area contributed by atoms with Crippen LogP contribution in [0.25, 0.3) is 10.9 Å². The monoisotopic (exact) mass is 377 g/mol. The molecule has 0 radical (unpaired) electrons. The van der Waals surface area contributed by atoms with Crippen LogP contribution in [0.4, 0.5) is 0 Å². The molecule has 1 heterocycles. The standard InChI is InChI=1S/C17H13BrClNS/c1-21-17-13(8-11-2-5-15(19)6-3-11)9-12-10-14(18)4-7-16(12)20-17/h2-7,9-10H,8H2,1H3. The van der Waals surface area contributed by atoms with Crippen LogP contribution >= 0.6 is 39.3 Å². The highest BCUT2D eigenvalue weighted by molar-refractivity contribution is 9.10. The molecule has 21 heavy (non-hydrogen) atoms. The van der Waals surface area contributed by atoms with Crippen molar-refractivity contribution < 1.29 is 0 Å². The molecule has 106 valence electrons. The van der Waals surface area contributed by atoms with E-state index in [2.05, 4.69) is 46.5 Å². The average Bonchev–Trinajstić information content (AvgIpc) is 2.49. The van der Waals surface area contributed by atoms with E-state index in [1.807, 2.05) is 24.3 Å². The van der Waals surface area contributed by atoms with Crippen LogP contribution in [0, 0.1) is 0 Å². The summed E-state index contributed by atoms with van der Waals surface area (Å²) in [6, 6.07) is 16.4. The molecule has 0 atom stereocenters. The summed E-state index contributed by atoms with van der Waals surface area (Å²) in [7, 11) is 0. The van der Waals surface area contributed by atoms with E-state index in [0.717, 1.165) is 31.8 Å². The third kappa shape index (κ3) is 3.42. The molecule has 0 saturated heterocycles. The van der Waals surface area contributed by atoms with Crippen molar-refractivity contribution in [2.24, 2.45) is 0 Å². The smallest absolute Gasteiger partial charge is 0.1000 e. The second-order valence-corrected chi connectivity index (χ2v) is 6.94. The first-order valence-electron chi connectivity index (χ1n) is 6.53. The molecule has 3 rings (SSSR count). The van der Waals surface area contributed by atoms with Gasteiger partial charge in [0.05, 0.1) is 10.5 Å². The minimum Gasteiger partial charge on any atom is -0.241 e. The van der Waals surface area contributed by atoms with Gasteiger partial charge in [0.1, 0.15) is 0 Å². The van der Waals surface area contributed by atoms with E-state index in [9.17, 15) is 0 Å². The number of benzene rings is 2. The zero-order valence-corrected chi connectivity index (χ0v) is 14.6. The molecular weight excluding hydrogens is 366 g/mol. The van der Waals surface area contributed by atoms with Crippen molar-refractivity contribution >= 4 is 50.2 Å². The van der Waals surface area contributed by atoms with Gasteiger partial charge in [-0.2, -0.15) is 0 Å². The average molecular weight is 379 g/mol. The zero-order chi connectivity index (χ0) is 14.8. The van der Waals surface area contributed by atoms with Crippen LogP contribution in [0.2, 0.25) is 5.02 Å². The van der Waals surface area contributed by atoms with E-state index in [0.29, 0.717) is 0 Å². The number of thioether (sulfide) groups is 1. The Bertz CT molecular complexity index is 787. The maximum absolute atomic E-state index is 5.95. The Morgan fingerprint density at radius 1 is 1.10 bits per heavy atom. The minimum atomic E-state index is 0.768. The molecule has 0 bridgehead atoms. The predicted octanol–water partition coefficient (Wildman–Crippen LogP) is 5.96. The van der Waals surface area contributed by atoms with Crippen molar-refractivity contribution in [3.63, 3.8) is 0 Å². The molecule has 4 heteroatoms. The molecule has 0 aliphatic heterocycles. The molecule has 0 spiro atoms. The van der Waals surface area contributed by atoms with Gasteiger partial charge in [0.15, 0.2) is 0 Å². The molecule has 2 aromatic carbocycles. The number of aromatic nitrogens is 1. The van der Waals surface area contributed by atoms with Crippen LogP contribution < -0.4 is 0 Å². The summed E-state index contributed by atoms with van der Waals surface area (Å²) in [5.74, 6) is 0. The van der Waals surface area contributed by atoms with Crippen LogP contribution in [0.1, 0.15) is 11.1 Å². The van der Waals surface area contributed by atoms with Gasteiger partial charge in [0.25, 0.3) is 0 Å². The van der Waals surface area contributed by atoms with Gasteiger partial charge in [0, 0.05) is 21.3 Å². The Morgan fingerprint density at radius 2 is 1.86 bits per heavy atom. The summed E-state index contributed by atoms with van der Waals surface area (Å²) in [5.41, 5.74) is 3.52. The number of pyridine rings is 1. The van der Waals surface area contributed by atoms with Gasteiger partial charge >= 0.3 is 0 Å². The number of hydrogen-bond acceptors (Lipinski definition) is 2. The van der Waals surface area contributed by atoms with E-state index in [1.165, 1.54) is 11.1 Å². The van der Waals surface area contributed by atoms with Crippen molar-refractivity contribution in [2.75, 3.05) is 6.26 Å². The first-order valence-corrected chi connectivity index (χ1v) is 8.93. The SMILES string of the molecule is CSc1nc2ccc(Br)cc2cc1Cc1ccc(Cl)cc1. The fourth-order valence-electron chi connectivity index (χ4n) is 2.30. The normalized spacial score (nSPS) is 11.0. The Labute approximate surface area is 141 Å². The molecule has 1 aromatic heterocycles. The largest absolute Gasteiger partial charge is 0.241 e. The van der Waals surface area contributed by atoms with E-state index >= 15 is 0 Å². The fourth-order valence-corrected chi connectivity index (χ4v) is 3.39. The van der Waals surface area contributed by atoms with Crippen LogP contribution in [0.5, 0.6) is 0 Å². The molecule has 1 nitrogen and oxygen atoms in total. The second kappa shape index (κ2) is 6.39. The maximum Gasteiger partial charge on any atom is 0.1000 e. The van der Waals surface area contributed by atoms with Crippen LogP contribution in [0.3, 0.4) is 0 Å². The van der Waals surface area contributed by atoms with Crippen molar-refractivity contribution in [2.45, 2.75) is 11.4 Å². The summed E-state index contributed by atoms with van der Waals surface area (Å²) < 4.78 is 1.08. The van der Waals surface area contributed by atoms with E-state index in [4.69, 9.17) is 16.6 Å². The highest BCUT2D eigenvalue weighted by Gasteiger charge is 2.08. The first-order chi connectivity index (χ1) is 10.2. The quantitative estimate of drug-likeness (QED) is 0.521. The Hall–Kier alpha value is -1.03. The summed E-state index contributed by atoms with van der Waals surface area (Å²) in [6.45, 7) is 0. The number of hydrogen-bond donors (Lipinski definition) is 0. The lowest BCUT2D eigenvalue weighted by molar-refractivity contribution is 1.05. The second-order valence-electron chi connectivity index (χ2n) is 4.80. The molecule has 0 unspecified atom stereocenters. The van der Waals surface area contributed by atoms with Gasteiger partial charge < -0.3 is 0 Å². The van der Waals surface area contributed by atoms with Crippen LogP contribution in [0.15, 0.2) is 58.0 Å². The number of fused-ring (bicyclic) bond motifs is 1. The predicted molar refractivity (Wildman–Crippen MR) is 95.5 cm³/mol. The minimum absolute atomic E-state index is 0.768. The van der Waals surface area contributed by atoms with Crippen molar-refractivity contribution in [3.05, 3.63) is 69.2 Å². The highest BCUT2D eigenvalue weighted by Crippen LogP contribution is 2.27. The van der Waals surface area contributed by atoms with E-state index < -0.39 is 0 Å². The number of halogens is 2. The maximum atomic E-state index is 5.95. The molecule has 3 aromatic rings. The summed E-state index contributed by atoms with van der Waals surface area (Å²) in [6.07, 6.45) is 2.93. The van der Waals surface area contributed by atoms with Crippen LogP contribution in [-0.2, 0) is 6.42 Å². The third-order valence-corrected chi connectivity index (χ3v) is 4.80. The zero-order valence-electron chi connectivity index (χ0n) is 11.4. The number of nitrogens with zero attached hydrogens (tertiary/aromatic N) is 1. The summed E-state index contributed by atoms with van der Waals surface area (Å²) in [5, 5.41) is 3.01. The molecule has 0 aliphatic carbocycles. The van der Waals surface area contributed by atoms with Crippen molar-refractivity contribution in [1.82, 2.24) is 4.98 Å². The topological polar surface area (TPSA) is 12.9 Å². The van der Waals surface area contributed by atoms with Gasteiger partial charge in [-0.15, -0.1) is 11.8 Å². The Balaban J connectivity index is 2.05. The highest BCUT2D eigenvalue weighted by atomic mass is 79.9. The lowest BCUT2D eigenvalue weighted by atomic mass is 10.0. The third-order valence-electron chi connectivity index (χ3n) is 3.32. The Kier molecular flexibility index (Phi) is 4.53. The first kappa shape index (κ1) is 14.9. The molecule has 0 fully saturated rings. The lowest BCUT2D eigenvalue weighted by Crippen LogP contribution is -1.95. The van der Waals surface area contributed by atoms with Gasteiger partial charge in [-0.1, -0.05) is 39.7 Å². The Morgan fingerprint density at radius 3 is 2.57 bits per heavy atom.